The van der Waals surface area contributed by atoms with Crippen LogP contribution in [-0.2, 0) is 14.8 Å². The number of sulfonamides is 1. The van der Waals surface area contributed by atoms with E-state index in [-0.39, 0.29) is 17.3 Å². The lowest BCUT2D eigenvalue weighted by Crippen LogP contribution is -2.61. The largest absolute Gasteiger partial charge is 0.371 e. The highest BCUT2D eigenvalue weighted by Gasteiger charge is 2.39. The van der Waals surface area contributed by atoms with Gasteiger partial charge in [0.2, 0.25) is 15.9 Å². The maximum Gasteiger partial charge on any atom is 0.243 e. The van der Waals surface area contributed by atoms with Crippen LogP contribution in [0, 0.1) is 5.92 Å². The summed E-state index contributed by atoms with van der Waals surface area (Å²) in [6.45, 7) is 6.40. The minimum Gasteiger partial charge on any atom is -0.371 e. The number of carbonyl (C=O) groups is 1. The maximum absolute atomic E-state index is 13.8. The van der Waals surface area contributed by atoms with Crippen LogP contribution in [-0.4, -0.2) is 91.9 Å². The number of nitrogens with one attached hydrogen (secondary N) is 1. The molecule has 1 amide bonds. The summed E-state index contributed by atoms with van der Waals surface area (Å²) in [6.07, 6.45) is 5.71. The average Bonchev–Trinajstić information content (AvgIpc) is 3.00. The van der Waals surface area contributed by atoms with Gasteiger partial charge in [-0.1, -0.05) is 30.7 Å². The van der Waals surface area contributed by atoms with E-state index in [1.807, 2.05) is 36.7 Å². The number of carbonyl (C=O) groups excluding carboxylic acids is 1. The fourth-order valence-corrected chi connectivity index (χ4v) is 7.94. The van der Waals surface area contributed by atoms with Crippen LogP contribution >= 0.6 is 23.4 Å². The Labute approximate surface area is 252 Å². The van der Waals surface area contributed by atoms with Gasteiger partial charge < -0.3 is 10.2 Å². The van der Waals surface area contributed by atoms with Crippen molar-refractivity contribution in [1.29, 1.82) is 0 Å². The number of pyridine rings is 1. The molecule has 3 heterocycles. The van der Waals surface area contributed by atoms with Crippen molar-refractivity contribution in [2.24, 2.45) is 5.92 Å². The number of piperazine rings is 1. The molecule has 2 fully saturated rings. The lowest BCUT2D eigenvalue weighted by molar-refractivity contribution is -0.128. The molecule has 0 saturated carbocycles. The number of thioether (sulfide) groups is 1. The number of halogens is 1. The highest BCUT2D eigenvalue weighted by atomic mass is 35.5. The van der Waals surface area contributed by atoms with Gasteiger partial charge in [-0.05, 0) is 71.7 Å². The Balaban J connectivity index is 1.28. The van der Waals surface area contributed by atoms with Gasteiger partial charge in [-0.2, -0.15) is 16.1 Å². The lowest BCUT2D eigenvalue weighted by Gasteiger charge is -2.42. The number of nitrogens with zero attached hydrogens (tertiary/aromatic N) is 4. The molecule has 2 aliphatic rings. The first-order chi connectivity index (χ1) is 19.8. The third-order valence-electron chi connectivity index (χ3n) is 8.05. The average molecular weight is 616 g/mol. The summed E-state index contributed by atoms with van der Waals surface area (Å²) in [6, 6.07) is 14.1. The van der Waals surface area contributed by atoms with Gasteiger partial charge in [-0.25, -0.2) is 8.42 Å². The molecular formula is C30H38ClN5O3S2. The Morgan fingerprint density at radius 1 is 1.02 bits per heavy atom. The van der Waals surface area contributed by atoms with Gasteiger partial charge in [0.15, 0.2) is 0 Å². The molecule has 0 radical (unpaired) electrons. The van der Waals surface area contributed by atoms with Crippen LogP contribution in [0.5, 0.6) is 0 Å². The van der Waals surface area contributed by atoms with E-state index in [0.717, 1.165) is 54.8 Å². The highest BCUT2D eigenvalue weighted by molar-refractivity contribution is 7.99. The number of aromatic nitrogens is 1. The number of benzene rings is 2. The lowest BCUT2D eigenvalue weighted by atomic mass is 9.94. The molecule has 1 atom stereocenters. The molecule has 2 aliphatic heterocycles. The third-order valence-corrected chi connectivity index (χ3v) is 11.1. The topological polar surface area (TPSA) is 85.8 Å². The van der Waals surface area contributed by atoms with E-state index in [1.165, 1.54) is 9.99 Å². The van der Waals surface area contributed by atoms with Crippen molar-refractivity contribution in [2.45, 2.75) is 30.7 Å². The van der Waals surface area contributed by atoms with Crippen molar-refractivity contribution < 1.29 is 13.2 Å². The normalized spacial score (nSPS) is 19.5. The second kappa shape index (κ2) is 13.7. The van der Waals surface area contributed by atoms with Gasteiger partial charge in [-0.15, -0.1) is 0 Å². The molecular weight excluding hydrogens is 578 g/mol. The minimum atomic E-state index is -3.78. The molecule has 0 bridgehead atoms. The Morgan fingerprint density at radius 2 is 1.76 bits per heavy atom. The molecule has 220 valence electrons. The molecule has 0 aliphatic carbocycles. The van der Waals surface area contributed by atoms with E-state index >= 15 is 0 Å². The van der Waals surface area contributed by atoms with Crippen molar-refractivity contribution in [1.82, 2.24) is 19.5 Å². The van der Waals surface area contributed by atoms with Crippen LogP contribution in [0.2, 0.25) is 5.02 Å². The number of hydrogen-bond acceptors (Lipinski definition) is 7. The van der Waals surface area contributed by atoms with Gasteiger partial charge in [0.05, 0.1) is 4.90 Å². The zero-order chi connectivity index (χ0) is 28.8. The number of piperidine rings is 1. The third kappa shape index (κ3) is 7.35. The molecule has 2 aromatic carbocycles. The molecule has 1 aromatic heterocycles. The van der Waals surface area contributed by atoms with Gasteiger partial charge in [0, 0.05) is 74.7 Å². The van der Waals surface area contributed by atoms with Gasteiger partial charge in [0.25, 0.3) is 0 Å². The number of rotatable bonds is 10. The molecule has 8 nitrogen and oxygen atoms in total. The Bertz CT molecular complexity index is 1430. The summed E-state index contributed by atoms with van der Waals surface area (Å²) in [5.41, 5.74) is 1.19. The van der Waals surface area contributed by atoms with E-state index < -0.39 is 16.1 Å². The van der Waals surface area contributed by atoms with Crippen LogP contribution in [0.15, 0.2) is 65.8 Å². The first-order valence-electron chi connectivity index (χ1n) is 14.3. The summed E-state index contributed by atoms with van der Waals surface area (Å²) in [7, 11) is -3.78. The van der Waals surface area contributed by atoms with Crippen LogP contribution in [0.1, 0.15) is 19.8 Å². The fourth-order valence-electron chi connectivity index (χ4n) is 5.75. The van der Waals surface area contributed by atoms with Gasteiger partial charge in [0.1, 0.15) is 6.04 Å². The van der Waals surface area contributed by atoms with Crippen LogP contribution in [0.25, 0.3) is 10.8 Å². The summed E-state index contributed by atoms with van der Waals surface area (Å²) in [4.78, 5) is 22.4. The highest BCUT2D eigenvalue weighted by Crippen LogP contribution is 2.28. The molecule has 5 rings (SSSR count). The van der Waals surface area contributed by atoms with Crippen molar-refractivity contribution in [3.8, 4) is 0 Å². The van der Waals surface area contributed by atoms with Crippen molar-refractivity contribution in [3.63, 3.8) is 0 Å². The van der Waals surface area contributed by atoms with Crippen molar-refractivity contribution >= 4 is 55.8 Å². The molecule has 1 N–H and O–H groups in total. The van der Waals surface area contributed by atoms with Crippen molar-refractivity contribution in [3.05, 3.63) is 65.9 Å². The predicted molar refractivity (Wildman–Crippen MR) is 168 cm³/mol. The Kier molecular flexibility index (Phi) is 10.1. The fraction of sp³-hybridized carbons (Fsp3) is 0.467. The molecule has 2 saturated heterocycles. The monoisotopic (exact) mass is 615 g/mol. The molecule has 1 unspecified atom stereocenters. The van der Waals surface area contributed by atoms with Crippen LogP contribution in [0.3, 0.4) is 0 Å². The SMILES string of the molecule is CCSCCNC(=O)C1CN(S(=O)(=O)c2ccc3cc(Cl)ccc3c2)CCN1CC1CCN(c2ccncc2)CC1. The summed E-state index contributed by atoms with van der Waals surface area (Å²) in [5.74, 6) is 2.19. The number of fused-ring (bicyclic) bond motifs is 1. The number of hydrogen-bond donors (Lipinski definition) is 1. The second-order valence-electron chi connectivity index (χ2n) is 10.7. The summed E-state index contributed by atoms with van der Waals surface area (Å²) in [5, 5.41) is 5.39. The second-order valence-corrected chi connectivity index (χ2v) is 14.4. The molecule has 3 aromatic rings. The van der Waals surface area contributed by atoms with Crippen molar-refractivity contribution in [2.75, 3.05) is 62.2 Å². The summed E-state index contributed by atoms with van der Waals surface area (Å²) < 4.78 is 29.0. The van der Waals surface area contributed by atoms with Gasteiger partial charge in [-0.3, -0.25) is 14.7 Å². The summed E-state index contributed by atoms with van der Waals surface area (Å²) >= 11 is 7.89. The van der Waals surface area contributed by atoms with Gasteiger partial charge >= 0.3 is 0 Å². The zero-order valence-electron chi connectivity index (χ0n) is 23.4. The molecule has 11 heteroatoms. The maximum atomic E-state index is 13.8. The van der Waals surface area contributed by atoms with Crippen LogP contribution < -0.4 is 10.2 Å². The number of amides is 1. The van der Waals surface area contributed by atoms with E-state index in [4.69, 9.17) is 11.6 Å². The minimum absolute atomic E-state index is 0.0935. The standard InChI is InChI=1S/C30H38ClN5O3S2/c1-2-40-18-13-33-30(37)29-22-36(41(38,39)28-6-4-24-19-26(31)5-3-25(24)20-28)17-16-35(29)21-23-9-14-34(15-10-23)27-7-11-32-12-8-27/h3-8,11-12,19-20,23,29H,2,9-10,13-18,21-22H2,1H3,(H,33,37). The first-order valence-corrected chi connectivity index (χ1v) is 17.3. The molecule has 0 spiro atoms. The Hall–Kier alpha value is -2.37. The van der Waals surface area contributed by atoms with E-state index in [0.29, 0.717) is 30.6 Å². The molecule has 41 heavy (non-hydrogen) atoms. The van der Waals surface area contributed by atoms with Crippen LogP contribution in [0.4, 0.5) is 5.69 Å². The Morgan fingerprint density at radius 3 is 2.51 bits per heavy atom. The van der Waals surface area contributed by atoms with E-state index in [1.54, 1.807) is 36.0 Å². The smallest absolute Gasteiger partial charge is 0.243 e. The number of anilines is 1. The first kappa shape index (κ1) is 30.1. The zero-order valence-corrected chi connectivity index (χ0v) is 25.8. The van der Waals surface area contributed by atoms with E-state index in [2.05, 4.69) is 27.0 Å². The quantitative estimate of drug-likeness (QED) is 0.340. The van der Waals surface area contributed by atoms with E-state index in [9.17, 15) is 13.2 Å². The predicted octanol–water partition coefficient (Wildman–Crippen LogP) is 4.35.